The molecule has 1 aliphatic heterocycles. The molecule has 0 atom stereocenters. The molecule has 6 nitrogen and oxygen atoms in total. The van der Waals surface area contributed by atoms with Crippen molar-refractivity contribution in [2.75, 3.05) is 16.8 Å². The maximum Gasteiger partial charge on any atom is 0.258 e. The Bertz CT molecular complexity index is 1060. The van der Waals surface area contributed by atoms with E-state index in [1.54, 1.807) is 13.1 Å². The molecule has 0 fully saturated rings. The molecule has 0 unspecified atom stereocenters. The predicted molar refractivity (Wildman–Crippen MR) is 112 cm³/mol. The van der Waals surface area contributed by atoms with Crippen molar-refractivity contribution in [3.8, 4) is 11.1 Å². The zero-order valence-electron chi connectivity index (χ0n) is 16.4. The van der Waals surface area contributed by atoms with Crippen LogP contribution in [0.15, 0.2) is 60.7 Å². The Morgan fingerprint density at radius 2 is 1.52 bits per heavy atom. The molecule has 0 bridgehead atoms. The van der Waals surface area contributed by atoms with Crippen LogP contribution in [0.3, 0.4) is 0 Å². The molecule has 3 amide bonds. The molecule has 2 aromatic rings. The first-order valence-corrected chi connectivity index (χ1v) is 9.01. The number of aryl methyl sites for hydroxylation is 2. The average molecular weight is 388 g/mol. The fourth-order valence-electron chi connectivity index (χ4n) is 3.26. The van der Waals surface area contributed by atoms with Gasteiger partial charge in [-0.1, -0.05) is 12.1 Å². The number of carbonyl (C=O) groups is 4. The maximum absolute atomic E-state index is 12.1. The minimum atomic E-state index is -0.348. The second kappa shape index (κ2) is 8.06. The summed E-state index contributed by atoms with van der Waals surface area (Å²) in [5.41, 5.74) is 5.09. The SMILES string of the molecule is Cc1cc(N(C)C(=O)/C=C\C=O)ccc1-c1ccc(N2C(=O)C=CC2=O)cc1C. The molecule has 2 aromatic carbocycles. The summed E-state index contributed by atoms with van der Waals surface area (Å²) >= 11 is 0. The van der Waals surface area contributed by atoms with Crippen LogP contribution in [0, 0.1) is 13.8 Å². The van der Waals surface area contributed by atoms with Gasteiger partial charge < -0.3 is 4.90 Å². The molecular formula is C23H20N2O4. The molecule has 0 aromatic heterocycles. The summed E-state index contributed by atoms with van der Waals surface area (Å²) < 4.78 is 0. The summed E-state index contributed by atoms with van der Waals surface area (Å²) in [6.45, 7) is 3.87. The molecule has 1 aliphatic rings. The van der Waals surface area contributed by atoms with Gasteiger partial charge in [0.05, 0.1) is 5.69 Å². The fourth-order valence-corrected chi connectivity index (χ4v) is 3.26. The number of nitrogens with zero attached hydrogens (tertiary/aromatic N) is 2. The van der Waals surface area contributed by atoms with Crippen LogP contribution in [-0.2, 0) is 19.2 Å². The van der Waals surface area contributed by atoms with E-state index in [0.29, 0.717) is 17.7 Å². The van der Waals surface area contributed by atoms with Crippen LogP contribution in [0.4, 0.5) is 11.4 Å². The van der Waals surface area contributed by atoms with E-state index in [1.165, 1.54) is 23.1 Å². The van der Waals surface area contributed by atoms with E-state index >= 15 is 0 Å². The van der Waals surface area contributed by atoms with Crippen molar-refractivity contribution in [1.82, 2.24) is 0 Å². The lowest BCUT2D eigenvalue weighted by Gasteiger charge is -2.19. The monoisotopic (exact) mass is 388 g/mol. The van der Waals surface area contributed by atoms with Gasteiger partial charge in [0, 0.05) is 31.0 Å². The quantitative estimate of drug-likeness (QED) is 0.448. The van der Waals surface area contributed by atoms with Gasteiger partial charge in [0.1, 0.15) is 6.29 Å². The van der Waals surface area contributed by atoms with Gasteiger partial charge in [-0.25, -0.2) is 4.90 Å². The number of carbonyl (C=O) groups excluding carboxylic acids is 4. The predicted octanol–water partition coefficient (Wildman–Crippen LogP) is 3.12. The molecule has 0 N–H and O–H groups in total. The zero-order valence-corrected chi connectivity index (χ0v) is 16.4. The number of hydrogen-bond donors (Lipinski definition) is 0. The number of hydrogen-bond acceptors (Lipinski definition) is 4. The standard InChI is InChI=1S/C23H20N2O4/c1-15-13-17(24(3)21(27)5-4-12-26)6-8-19(15)20-9-7-18(14-16(20)2)25-22(28)10-11-23(25)29/h4-14H,1-3H3/b5-4-. The number of aldehydes is 1. The molecule has 0 radical (unpaired) electrons. The Balaban J connectivity index is 1.90. The van der Waals surface area contributed by atoms with Crippen molar-refractivity contribution >= 4 is 35.4 Å². The number of allylic oxidation sites excluding steroid dienone is 1. The summed E-state index contributed by atoms with van der Waals surface area (Å²) in [5, 5.41) is 0. The van der Waals surface area contributed by atoms with E-state index in [1.807, 2.05) is 44.2 Å². The molecule has 0 saturated heterocycles. The smallest absolute Gasteiger partial charge is 0.258 e. The highest BCUT2D eigenvalue weighted by molar-refractivity contribution is 6.28. The Hall–Kier alpha value is -3.80. The van der Waals surface area contributed by atoms with Gasteiger partial charge in [-0.3, -0.25) is 19.2 Å². The van der Waals surface area contributed by atoms with E-state index in [-0.39, 0.29) is 17.7 Å². The summed E-state index contributed by atoms with van der Waals surface area (Å²) in [7, 11) is 1.64. The lowest BCUT2D eigenvalue weighted by atomic mass is 9.95. The first kappa shape index (κ1) is 19.9. The largest absolute Gasteiger partial charge is 0.312 e. The number of benzene rings is 2. The van der Waals surface area contributed by atoms with Crippen LogP contribution < -0.4 is 9.80 Å². The molecule has 0 saturated carbocycles. The summed E-state index contributed by atoms with van der Waals surface area (Å²) in [4.78, 5) is 48.8. The molecule has 1 heterocycles. The number of rotatable bonds is 5. The highest BCUT2D eigenvalue weighted by Gasteiger charge is 2.25. The fraction of sp³-hybridized carbons (Fsp3) is 0.130. The van der Waals surface area contributed by atoms with Crippen LogP contribution in [0.5, 0.6) is 0 Å². The van der Waals surface area contributed by atoms with Gasteiger partial charge in [-0.15, -0.1) is 0 Å². The lowest BCUT2D eigenvalue weighted by Crippen LogP contribution is -2.29. The summed E-state index contributed by atoms with van der Waals surface area (Å²) in [6.07, 6.45) is 5.46. The third kappa shape index (κ3) is 3.91. The average Bonchev–Trinajstić information content (AvgIpc) is 3.04. The second-order valence-electron chi connectivity index (χ2n) is 6.74. The van der Waals surface area contributed by atoms with Crippen molar-refractivity contribution in [1.29, 1.82) is 0 Å². The number of imide groups is 1. The Kier molecular flexibility index (Phi) is 5.54. The zero-order chi connectivity index (χ0) is 21.1. The van der Waals surface area contributed by atoms with E-state index < -0.39 is 0 Å². The maximum atomic E-state index is 12.1. The third-order valence-corrected chi connectivity index (χ3v) is 4.81. The van der Waals surface area contributed by atoms with E-state index in [2.05, 4.69) is 0 Å². The Labute approximate surface area is 168 Å². The van der Waals surface area contributed by atoms with E-state index in [4.69, 9.17) is 0 Å². The Morgan fingerprint density at radius 3 is 2.07 bits per heavy atom. The van der Waals surface area contributed by atoms with Crippen LogP contribution in [0.25, 0.3) is 11.1 Å². The van der Waals surface area contributed by atoms with Crippen molar-refractivity contribution in [3.63, 3.8) is 0 Å². The molecule has 6 heteroatoms. The number of amides is 3. The molecule has 0 aliphatic carbocycles. The molecule has 0 spiro atoms. The van der Waals surface area contributed by atoms with Gasteiger partial charge >= 0.3 is 0 Å². The molecule has 3 rings (SSSR count). The molecule has 146 valence electrons. The van der Waals surface area contributed by atoms with Crippen molar-refractivity contribution in [2.24, 2.45) is 0 Å². The van der Waals surface area contributed by atoms with Gasteiger partial charge in [-0.05, 0) is 66.4 Å². The van der Waals surface area contributed by atoms with Crippen LogP contribution >= 0.6 is 0 Å². The minimum Gasteiger partial charge on any atom is -0.312 e. The molecular weight excluding hydrogens is 368 g/mol. The third-order valence-electron chi connectivity index (χ3n) is 4.81. The van der Waals surface area contributed by atoms with Crippen molar-refractivity contribution < 1.29 is 19.2 Å². The topological polar surface area (TPSA) is 74.8 Å². The highest BCUT2D eigenvalue weighted by atomic mass is 16.2. The van der Waals surface area contributed by atoms with Crippen LogP contribution in [-0.4, -0.2) is 31.1 Å². The van der Waals surface area contributed by atoms with Crippen LogP contribution in [0.2, 0.25) is 0 Å². The van der Waals surface area contributed by atoms with Crippen LogP contribution in [0.1, 0.15) is 11.1 Å². The van der Waals surface area contributed by atoms with Gasteiger partial charge in [-0.2, -0.15) is 0 Å². The van der Waals surface area contributed by atoms with E-state index in [9.17, 15) is 19.2 Å². The summed E-state index contributed by atoms with van der Waals surface area (Å²) in [5.74, 6) is -0.989. The number of anilines is 2. The van der Waals surface area contributed by atoms with Crippen molar-refractivity contribution in [3.05, 3.63) is 71.8 Å². The first-order valence-electron chi connectivity index (χ1n) is 9.01. The van der Waals surface area contributed by atoms with Gasteiger partial charge in [0.25, 0.3) is 17.7 Å². The Morgan fingerprint density at radius 1 is 0.931 bits per heavy atom. The second-order valence-corrected chi connectivity index (χ2v) is 6.74. The molecule has 29 heavy (non-hydrogen) atoms. The summed E-state index contributed by atoms with van der Waals surface area (Å²) in [6, 6.07) is 11.1. The minimum absolute atomic E-state index is 0.293. The highest BCUT2D eigenvalue weighted by Crippen LogP contribution is 2.32. The first-order chi connectivity index (χ1) is 13.8. The lowest BCUT2D eigenvalue weighted by molar-refractivity contribution is -0.120. The van der Waals surface area contributed by atoms with E-state index in [0.717, 1.165) is 33.2 Å². The van der Waals surface area contributed by atoms with Gasteiger partial charge in [0.2, 0.25) is 0 Å². The number of likely N-dealkylation sites (N-methyl/N-ethyl adjacent to an activating group) is 1. The van der Waals surface area contributed by atoms with Crippen molar-refractivity contribution in [2.45, 2.75) is 13.8 Å². The van der Waals surface area contributed by atoms with Gasteiger partial charge in [0.15, 0.2) is 0 Å². The normalized spacial score (nSPS) is 13.4.